The first-order chi connectivity index (χ1) is 13.3. The number of nitrogens with zero attached hydrogens (tertiary/aromatic N) is 1. The molecule has 1 amide bonds. The minimum absolute atomic E-state index is 0.294. The predicted molar refractivity (Wildman–Crippen MR) is 114 cm³/mol. The van der Waals surface area contributed by atoms with E-state index in [0.717, 1.165) is 10.6 Å². The molecule has 0 aliphatic rings. The molecule has 0 spiro atoms. The van der Waals surface area contributed by atoms with Gasteiger partial charge in [0, 0.05) is 10.7 Å². The Kier molecular flexibility index (Phi) is 7.48. The summed E-state index contributed by atoms with van der Waals surface area (Å²) in [7, 11) is -3.70. The maximum Gasteiger partial charge on any atom is 0.248 e. The molecule has 8 heteroatoms. The van der Waals surface area contributed by atoms with Crippen molar-refractivity contribution in [3.05, 3.63) is 66.2 Å². The highest BCUT2D eigenvalue weighted by molar-refractivity contribution is 7.92. The van der Waals surface area contributed by atoms with E-state index < -0.39 is 22.0 Å². The molecule has 0 fully saturated rings. The third kappa shape index (κ3) is 5.74. The zero-order chi connectivity index (χ0) is 20.7. The summed E-state index contributed by atoms with van der Waals surface area (Å²) in [6, 6.07) is 12.2. The Balaban J connectivity index is 2.24. The third-order valence-corrected chi connectivity index (χ3v) is 5.33. The molecule has 0 saturated carbocycles. The zero-order valence-electron chi connectivity index (χ0n) is 15.8. The first-order valence-electron chi connectivity index (χ1n) is 8.66. The van der Waals surface area contributed by atoms with Gasteiger partial charge in [-0.1, -0.05) is 31.2 Å². The average Bonchev–Trinajstić information content (AvgIpc) is 2.65. The summed E-state index contributed by atoms with van der Waals surface area (Å²) >= 11 is 5.90. The molecule has 1 atom stereocenters. The van der Waals surface area contributed by atoms with Crippen LogP contribution in [0.5, 0.6) is 5.75 Å². The number of sulfonamides is 1. The number of hydrogen-bond acceptors (Lipinski definition) is 4. The number of carbonyl (C=O) groups excluding carboxylic acids is 1. The van der Waals surface area contributed by atoms with Gasteiger partial charge in [-0.25, -0.2) is 8.42 Å². The van der Waals surface area contributed by atoms with Gasteiger partial charge >= 0.3 is 0 Å². The van der Waals surface area contributed by atoms with Crippen LogP contribution in [-0.4, -0.2) is 33.2 Å². The van der Waals surface area contributed by atoms with E-state index in [2.05, 4.69) is 11.9 Å². The highest BCUT2D eigenvalue weighted by atomic mass is 35.5. The monoisotopic (exact) mass is 422 g/mol. The van der Waals surface area contributed by atoms with Crippen LogP contribution < -0.4 is 14.4 Å². The second kappa shape index (κ2) is 9.61. The number of amides is 1. The fourth-order valence-corrected chi connectivity index (χ4v) is 4.00. The van der Waals surface area contributed by atoms with Gasteiger partial charge in [0.2, 0.25) is 15.9 Å². The second-order valence-electron chi connectivity index (χ2n) is 6.07. The number of anilines is 2. The Hall–Kier alpha value is -2.51. The molecule has 6 nitrogen and oxygen atoms in total. The van der Waals surface area contributed by atoms with E-state index in [1.165, 1.54) is 0 Å². The number of benzene rings is 2. The Morgan fingerprint density at radius 2 is 1.82 bits per heavy atom. The van der Waals surface area contributed by atoms with Gasteiger partial charge in [0.05, 0.1) is 11.9 Å². The summed E-state index contributed by atoms with van der Waals surface area (Å²) < 4.78 is 31.3. The Morgan fingerprint density at radius 3 is 2.32 bits per heavy atom. The first-order valence-corrected chi connectivity index (χ1v) is 10.9. The molecule has 0 aromatic heterocycles. The summed E-state index contributed by atoms with van der Waals surface area (Å²) in [6.45, 7) is 5.72. The third-order valence-electron chi connectivity index (χ3n) is 3.90. The quantitative estimate of drug-likeness (QED) is 0.617. The zero-order valence-corrected chi connectivity index (χ0v) is 17.3. The molecule has 0 aliphatic carbocycles. The summed E-state index contributed by atoms with van der Waals surface area (Å²) in [5.74, 6) is 0.214. The number of halogens is 1. The van der Waals surface area contributed by atoms with Crippen LogP contribution in [0.3, 0.4) is 0 Å². The van der Waals surface area contributed by atoms with Gasteiger partial charge in [0.25, 0.3) is 0 Å². The Morgan fingerprint density at radius 1 is 1.21 bits per heavy atom. The van der Waals surface area contributed by atoms with Crippen molar-refractivity contribution in [1.82, 2.24) is 0 Å². The van der Waals surface area contributed by atoms with Gasteiger partial charge in [-0.2, -0.15) is 0 Å². The SMILES string of the molecule is C=CCOc1ccc(NC(=O)C(CC)N(c2ccc(Cl)cc2)S(C)(=O)=O)cc1. The molecule has 150 valence electrons. The van der Waals surface area contributed by atoms with Crippen molar-refractivity contribution in [2.45, 2.75) is 19.4 Å². The van der Waals surface area contributed by atoms with Gasteiger partial charge < -0.3 is 10.1 Å². The van der Waals surface area contributed by atoms with Crippen LogP contribution in [0.4, 0.5) is 11.4 Å². The predicted octanol–water partition coefficient (Wildman–Crippen LogP) is 4.09. The molecular weight excluding hydrogens is 400 g/mol. The summed E-state index contributed by atoms with van der Waals surface area (Å²) in [4.78, 5) is 12.8. The molecule has 0 bridgehead atoms. The number of carbonyl (C=O) groups is 1. The van der Waals surface area contributed by atoms with Crippen molar-refractivity contribution in [3.63, 3.8) is 0 Å². The lowest BCUT2D eigenvalue weighted by Gasteiger charge is -2.30. The number of rotatable bonds is 9. The van der Waals surface area contributed by atoms with E-state index in [0.29, 0.717) is 35.2 Å². The van der Waals surface area contributed by atoms with E-state index in [1.54, 1.807) is 61.5 Å². The van der Waals surface area contributed by atoms with Crippen LogP contribution in [0.25, 0.3) is 0 Å². The van der Waals surface area contributed by atoms with E-state index in [-0.39, 0.29) is 0 Å². The summed E-state index contributed by atoms with van der Waals surface area (Å²) in [5, 5.41) is 3.24. The van der Waals surface area contributed by atoms with E-state index in [9.17, 15) is 13.2 Å². The van der Waals surface area contributed by atoms with Crippen LogP contribution in [-0.2, 0) is 14.8 Å². The standard InChI is InChI=1S/C20H23ClN2O4S/c1-4-14-27-18-12-8-16(9-13-18)22-20(24)19(5-2)23(28(3,25)26)17-10-6-15(21)7-11-17/h4,6-13,19H,1,5,14H2,2-3H3,(H,22,24). The van der Waals surface area contributed by atoms with Crippen LogP contribution in [0.2, 0.25) is 5.02 Å². The number of nitrogens with one attached hydrogen (secondary N) is 1. The molecule has 0 radical (unpaired) electrons. The normalized spacial score (nSPS) is 12.1. The average molecular weight is 423 g/mol. The maximum atomic E-state index is 12.8. The smallest absolute Gasteiger partial charge is 0.248 e. The van der Waals surface area contributed by atoms with Crippen molar-refractivity contribution in [3.8, 4) is 5.75 Å². The van der Waals surface area contributed by atoms with Crippen molar-refractivity contribution in [2.75, 3.05) is 22.5 Å². The van der Waals surface area contributed by atoms with Crippen molar-refractivity contribution in [2.24, 2.45) is 0 Å². The molecule has 2 aromatic carbocycles. The topological polar surface area (TPSA) is 75.7 Å². The molecule has 0 saturated heterocycles. The molecule has 2 aromatic rings. The summed E-state index contributed by atoms with van der Waals surface area (Å²) in [6.07, 6.45) is 3.00. The van der Waals surface area contributed by atoms with Crippen molar-refractivity contribution >= 4 is 38.9 Å². The largest absolute Gasteiger partial charge is 0.490 e. The highest BCUT2D eigenvalue weighted by Crippen LogP contribution is 2.25. The minimum Gasteiger partial charge on any atom is -0.490 e. The fraction of sp³-hybridized carbons (Fsp3) is 0.250. The Labute approximate surface area is 170 Å². The summed E-state index contributed by atoms with van der Waals surface area (Å²) in [5.41, 5.74) is 0.918. The lowest BCUT2D eigenvalue weighted by atomic mass is 10.2. The molecular formula is C20H23ClN2O4S. The first kappa shape index (κ1) is 21.8. The lowest BCUT2D eigenvalue weighted by Crippen LogP contribution is -2.46. The maximum absolute atomic E-state index is 12.8. The van der Waals surface area contributed by atoms with Crippen LogP contribution >= 0.6 is 11.6 Å². The van der Waals surface area contributed by atoms with Gasteiger partial charge in [-0.05, 0) is 55.0 Å². The number of ether oxygens (including phenoxy) is 1. The molecule has 1 N–H and O–H groups in total. The molecule has 1 unspecified atom stereocenters. The van der Waals surface area contributed by atoms with Crippen LogP contribution in [0, 0.1) is 0 Å². The lowest BCUT2D eigenvalue weighted by molar-refractivity contribution is -0.117. The van der Waals surface area contributed by atoms with E-state index >= 15 is 0 Å². The molecule has 2 rings (SSSR count). The van der Waals surface area contributed by atoms with Gasteiger partial charge in [0.1, 0.15) is 18.4 Å². The van der Waals surface area contributed by atoms with Crippen molar-refractivity contribution < 1.29 is 17.9 Å². The van der Waals surface area contributed by atoms with Gasteiger partial charge in [0.15, 0.2) is 0 Å². The number of hydrogen-bond donors (Lipinski definition) is 1. The minimum atomic E-state index is -3.70. The molecule has 28 heavy (non-hydrogen) atoms. The van der Waals surface area contributed by atoms with Crippen LogP contribution in [0.15, 0.2) is 61.2 Å². The second-order valence-corrected chi connectivity index (χ2v) is 8.37. The highest BCUT2D eigenvalue weighted by Gasteiger charge is 2.31. The fourth-order valence-electron chi connectivity index (χ4n) is 2.66. The van der Waals surface area contributed by atoms with Gasteiger partial charge in [-0.3, -0.25) is 9.10 Å². The van der Waals surface area contributed by atoms with E-state index in [1.807, 2.05) is 0 Å². The molecule has 0 heterocycles. The van der Waals surface area contributed by atoms with E-state index in [4.69, 9.17) is 16.3 Å². The van der Waals surface area contributed by atoms with Crippen LogP contribution in [0.1, 0.15) is 13.3 Å². The Bertz CT molecular complexity index is 912. The van der Waals surface area contributed by atoms with Gasteiger partial charge in [-0.15, -0.1) is 0 Å². The molecule has 0 aliphatic heterocycles. The van der Waals surface area contributed by atoms with Crippen molar-refractivity contribution in [1.29, 1.82) is 0 Å².